The van der Waals surface area contributed by atoms with Crippen molar-refractivity contribution in [1.82, 2.24) is 0 Å². The zero-order valence-corrected chi connectivity index (χ0v) is 8.39. The van der Waals surface area contributed by atoms with E-state index in [4.69, 9.17) is 28.3 Å². The van der Waals surface area contributed by atoms with Gasteiger partial charge in [0.25, 0.3) is 0 Å². The molecule has 1 aromatic carbocycles. The van der Waals surface area contributed by atoms with Gasteiger partial charge in [-0.2, -0.15) is 0 Å². The minimum absolute atomic E-state index is 0.0460. The summed E-state index contributed by atoms with van der Waals surface area (Å²) in [5.41, 5.74) is 0.240. The highest BCUT2D eigenvalue weighted by Gasteiger charge is 2.10. The number of aromatic hydroxyl groups is 1. The molecule has 1 atom stereocenters. The molecule has 0 fully saturated rings. The third-order valence-electron chi connectivity index (χ3n) is 1.43. The molecule has 1 rings (SSSR count). The molecule has 0 radical (unpaired) electrons. The first-order valence-corrected chi connectivity index (χ1v) is 4.39. The average molecular weight is 222 g/mol. The summed E-state index contributed by atoms with van der Waals surface area (Å²) in [4.78, 5) is 0. The normalized spacial score (nSPS) is 12.6. The lowest BCUT2D eigenvalue weighted by Gasteiger charge is -2.13. The first-order valence-electron chi connectivity index (χ1n) is 3.64. The molecule has 1 aromatic rings. The van der Waals surface area contributed by atoms with Crippen LogP contribution in [0.25, 0.3) is 0 Å². The highest BCUT2D eigenvalue weighted by atomic mass is 35.5. The van der Waals surface area contributed by atoms with E-state index in [1.54, 1.807) is 0 Å². The van der Waals surface area contributed by atoms with Gasteiger partial charge in [0.05, 0.1) is 15.7 Å². The minimum atomic E-state index is -0.804. The van der Waals surface area contributed by atoms with Crippen LogP contribution in [0.15, 0.2) is 12.1 Å². The standard InChI is InChI=1S/C8H9Cl2NO2/c1-4(12)11-8-6(13)3-2-5(9)7(8)10/h2-4,11-13H,1H3. The summed E-state index contributed by atoms with van der Waals surface area (Å²) in [7, 11) is 0. The highest BCUT2D eigenvalue weighted by molar-refractivity contribution is 6.44. The van der Waals surface area contributed by atoms with Gasteiger partial charge in [0.2, 0.25) is 0 Å². The van der Waals surface area contributed by atoms with Crippen molar-refractivity contribution in [2.75, 3.05) is 5.32 Å². The number of anilines is 1. The van der Waals surface area contributed by atoms with Crippen LogP contribution in [0.4, 0.5) is 5.69 Å². The summed E-state index contributed by atoms with van der Waals surface area (Å²) >= 11 is 11.5. The summed E-state index contributed by atoms with van der Waals surface area (Å²) in [6.07, 6.45) is -0.804. The Morgan fingerprint density at radius 3 is 2.54 bits per heavy atom. The van der Waals surface area contributed by atoms with E-state index in [1.807, 2.05) is 0 Å². The number of hydrogen-bond acceptors (Lipinski definition) is 3. The molecule has 0 spiro atoms. The topological polar surface area (TPSA) is 52.5 Å². The van der Waals surface area contributed by atoms with Gasteiger partial charge < -0.3 is 15.5 Å². The first kappa shape index (κ1) is 10.4. The van der Waals surface area contributed by atoms with Gasteiger partial charge in [-0.15, -0.1) is 0 Å². The molecule has 0 amide bonds. The Labute approximate surface area is 85.9 Å². The lowest BCUT2D eigenvalue weighted by molar-refractivity contribution is 0.224. The van der Waals surface area contributed by atoms with Crippen molar-refractivity contribution in [2.24, 2.45) is 0 Å². The van der Waals surface area contributed by atoms with Gasteiger partial charge >= 0.3 is 0 Å². The second-order valence-electron chi connectivity index (χ2n) is 2.58. The quantitative estimate of drug-likeness (QED) is 0.532. The molecule has 0 aromatic heterocycles. The molecule has 0 aliphatic carbocycles. The molecular formula is C8H9Cl2NO2. The van der Waals surface area contributed by atoms with Gasteiger partial charge in [-0.05, 0) is 19.1 Å². The Hall–Kier alpha value is -0.640. The molecule has 72 valence electrons. The molecule has 13 heavy (non-hydrogen) atoms. The van der Waals surface area contributed by atoms with Crippen LogP contribution in [-0.2, 0) is 0 Å². The van der Waals surface area contributed by atoms with Gasteiger partial charge in [0.1, 0.15) is 12.0 Å². The number of nitrogens with one attached hydrogen (secondary N) is 1. The SMILES string of the molecule is CC(O)Nc1c(O)ccc(Cl)c1Cl. The second kappa shape index (κ2) is 4.05. The fourth-order valence-electron chi connectivity index (χ4n) is 0.887. The molecule has 0 saturated heterocycles. The summed E-state index contributed by atoms with van der Waals surface area (Å²) in [6.45, 7) is 1.51. The molecule has 3 N–H and O–H groups in total. The van der Waals surface area contributed by atoms with Crippen LogP contribution in [0.1, 0.15) is 6.92 Å². The Bertz CT molecular complexity index is 315. The fraction of sp³-hybridized carbons (Fsp3) is 0.250. The van der Waals surface area contributed by atoms with Crippen molar-refractivity contribution in [2.45, 2.75) is 13.2 Å². The summed E-state index contributed by atoms with van der Waals surface area (Å²) in [5.74, 6) is -0.0460. The molecular weight excluding hydrogens is 213 g/mol. The van der Waals surface area contributed by atoms with E-state index in [0.29, 0.717) is 5.02 Å². The van der Waals surface area contributed by atoms with Crippen molar-refractivity contribution >= 4 is 28.9 Å². The lowest BCUT2D eigenvalue weighted by atomic mass is 10.3. The molecule has 0 aliphatic heterocycles. The lowest BCUT2D eigenvalue weighted by Crippen LogP contribution is -2.13. The average Bonchev–Trinajstić information content (AvgIpc) is 2.05. The fourth-order valence-corrected chi connectivity index (χ4v) is 1.26. The van der Waals surface area contributed by atoms with E-state index in [0.717, 1.165) is 0 Å². The van der Waals surface area contributed by atoms with Crippen molar-refractivity contribution in [3.8, 4) is 5.75 Å². The number of halogens is 2. The molecule has 0 bridgehead atoms. The summed E-state index contributed by atoms with van der Waals surface area (Å²) < 4.78 is 0. The molecule has 0 saturated carbocycles. The van der Waals surface area contributed by atoms with E-state index in [-0.39, 0.29) is 16.5 Å². The third-order valence-corrected chi connectivity index (χ3v) is 2.23. The van der Waals surface area contributed by atoms with E-state index in [9.17, 15) is 5.11 Å². The highest BCUT2D eigenvalue weighted by Crippen LogP contribution is 2.37. The van der Waals surface area contributed by atoms with Crippen LogP contribution >= 0.6 is 23.2 Å². The predicted molar refractivity (Wildman–Crippen MR) is 53.4 cm³/mol. The number of phenolic OH excluding ortho intramolecular Hbond substituents is 1. The van der Waals surface area contributed by atoms with Crippen LogP contribution in [0.3, 0.4) is 0 Å². The van der Waals surface area contributed by atoms with Gasteiger partial charge in [0, 0.05) is 0 Å². The maximum absolute atomic E-state index is 9.35. The van der Waals surface area contributed by atoms with Crippen molar-refractivity contribution < 1.29 is 10.2 Å². The van der Waals surface area contributed by atoms with Crippen LogP contribution in [0, 0.1) is 0 Å². The third kappa shape index (κ3) is 2.40. The van der Waals surface area contributed by atoms with Crippen molar-refractivity contribution in [3.05, 3.63) is 22.2 Å². The minimum Gasteiger partial charge on any atom is -0.506 e. The molecule has 3 nitrogen and oxygen atoms in total. The summed E-state index contributed by atoms with van der Waals surface area (Å²) in [6, 6.07) is 2.88. The van der Waals surface area contributed by atoms with Gasteiger partial charge in [-0.25, -0.2) is 0 Å². The van der Waals surface area contributed by atoms with E-state index >= 15 is 0 Å². The van der Waals surface area contributed by atoms with E-state index in [2.05, 4.69) is 5.32 Å². The van der Waals surface area contributed by atoms with Crippen LogP contribution < -0.4 is 5.32 Å². The van der Waals surface area contributed by atoms with Gasteiger partial charge in [-0.3, -0.25) is 0 Å². The number of phenols is 1. The maximum atomic E-state index is 9.35. The Kier molecular flexibility index (Phi) is 3.25. The first-order chi connectivity index (χ1) is 6.02. The smallest absolute Gasteiger partial charge is 0.140 e. The largest absolute Gasteiger partial charge is 0.506 e. The van der Waals surface area contributed by atoms with E-state index in [1.165, 1.54) is 19.1 Å². The Morgan fingerprint density at radius 2 is 2.00 bits per heavy atom. The molecule has 0 heterocycles. The summed E-state index contributed by atoms with van der Waals surface area (Å²) in [5, 5.41) is 21.5. The van der Waals surface area contributed by atoms with Crippen molar-refractivity contribution in [1.29, 1.82) is 0 Å². The number of benzene rings is 1. The Balaban J connectivity index is 3.10. The maximum Gasteiger partial charge on any atom is 0.140 e. The number of rotatable bonds is 2. The van der Waals surface area contributed by atoms with Crippen molar-refractivity contribution in [3.63, 3.8) is 0 Å². The predicted octanol–water partition coefficient (Wildman–Crippen LogP) is 2.45. The molecule has 0 aliphatic rings. The Morgan fingerprint density at radius 1 is 1.38 bits per heavy atom. The monoisotopic (exact) mass is 221 g/mol. The molecule has 5 heteroatoms. The number of hydrogen-bond donors (Lipinski definition) is 3. The molecule has 1 unspecified atom stereocenters. The zero-order valence-electron chi connectivity index (χ0n) is 6.88. The van der Waals surface area contributed by atoms with Crippen LogP contribution in [0.2, 0.25) is 10.0 Å². The van der Waals surface area contributed by atoms with Crippen LogP contribution in [0.5, 0.6) is 5.75 Å². The van der Waals surface area contributed by atoms with Gasteiger partial charge in [-0.1, -0.05) is 23.2 Å². The van der Waals surface area contributed by atoms with E-state index < -0.39 is 6.23 Å². The van der Waals surface area contributed by atoms with Gasteiger partial charge in [0.15, 0.2) is 0 Å². The second-order valence-corrected chi connectivity index (χ2v) is 3.36. The van der Waals surface area contributed by atoms with Crippen LogP contribution in [-0.4, -0.2) is 16.4 Å². The number of aliphatic hydroxyl groups excluding tert-OH is 1. The zero-order chi connectivity index (χ0) is 10.0. The number of aliphatic hydroxyl groups is 1.